The normalized spacial score (nSPS) is 11.6. The number of carbonyl (C=O) groups excluding carboxylic acids is 1. The van der Waals surface area contributed by atoms with Crippen molar-refractivity contribution >= 4 is 29.1 Å². The van der Waals surface area contributed by atoms with Crippen LogP contribution in [-0.2, 0) is 0 Å². The van der Waals surface area contributed by atoms with Crippen molar-refractivity contribution in [3.8, 4) is 6.07 Å². The fourth-order valence-electron chi connectivity index (χ4n) is 2.02. The summed E-state index contributed by atoms with van der Waals surface area (Å²) in [5, 5.41) is 9.94. The summed E-state index contributed by atoms with van der Waals surface area (Å²) in [4.78, 5) is 18.0. The predicted molar refractivity (Wildman–Crippen MR) is 85.9 cm³/mol. The van der Waals surface area contributed by atoms with Crippen LogP contribution >= 0.6 is 23.2 Å². The highest BCUT2D eigenvalue weighted by Gasteiger charge is 2.22. The van der Waals surface area contributed by atoms with E-state index in [1.165, 1.54) is 17.2 Å². The Kier molecular flexibility index (Phi) is 5.02. The van der Waals surface area contributed by atoms with Gasteiger partial charge in [-0.15, -0.1) is 0 Å². The molecule has 0 saturated carbocycles. The third-order valence-corrected chi connectivity index (χ3v) is 3.98. The van der Waals surface area contributed by atoms with Crippen LogP contribution in [-0.4, -0.2) is 22.8 Å². The SMILES string of the molecule is CC(c1ccc(Cl)cc1Cl)N(C)C(=O)c1cc(C#N)ccn1. The zero-order valence-corrected chi connectivity index (χ0v) is 13.6. The van der Waals surface area contributed by atoms with Crippen LogP contribution in [0.1, 0.15) is 34.6 Å². The Labute approximate surface area is 138 Å². The molecule has 1 heterocycles. The molecular weight excluding hydrogens is 321 g/mol. The lowest BCUT2D eigenvalue weighted by molar-refractivity contribution is 0.0737. The van der Waals surface area contributed by atoms with Crippen LogP contribution in [0.4, 0.5) is 0 Å². The molecule has 2 rings (SSSR count). The number of halogens is 2. The lowest BCUT2D eigenvalue weighted by Crippen LogP contribution is -2.30. The highest BCUT2D eigenvalue weighted by molar-refractivity contribution is 6.35. The van der Waals surface area contributed by atoms with Crippen molar-refractivity contribution in [3.05, 3.63) is 63.4 Å². The summed E-state index contributed by atoms with van der Waals surface area (Å²) in [6.45, 7) is 1.86. The molecule has 4 nitrogen and oxygen atoms in total. The molecule has 1 aromatic heterocycles. The minimum Gasteiger partial charge on any atom is -0.334 e. The molecule has 0 radical (unpaired) electrons. The highest BCUT2D eigenvalue weighted by atomic mass is 35.5. The second-order valence-corrected chi connectivity index (χ2v) is 5.64. The molecule has 1 atom stereocenters. The Morgan fingerprint density at radius 3 is 2.68 bits per heavy atom. The summed E-state index contributed by atoms with van der Waals surface area (Å²) >= 11 is 12.1. The lowest BCUT2D eigenvalue weighted by atomic mass is 10.1. The van der Waals surface area contributed by atoms with E-state index in [1.54, 1.807) is 31.3 Å². The molecular formula is C16H13Cl2N3O. The molecule has 0 bridgehead atoms. The standard InChI is InChI=1S/C16H13Cl2N3O/c1-10(13-4-3-12(17)8-14(13)18)21(2)16(22)15-7-11(9-19)5-6-20-15/h3-8,10H,1-2H3. The molecule has 0 saturated heterocycles. The quantitative estimate of drug-likeness (QED) is 0.849. The van der Waals surface area contributed by atoms with Gasteiger partial charge in [-0.05, 0) is 36.8 Å². The second-order valence-electron chi connectivity index (χ2n) is 4.80. The lowest BCUT2D eigenvalue weighted by Gasteiger charge is -2.26. The highest BCUT2D eigenvalue weighted by Crippen LogP contribution is 2.29. The third kappa shape index (κ3) is 3.38. The number of carbonyl (C=O) groups is 1. The molecule has 1 unspecified atom stereocenters. The number of pyridine rings is 1. The van der Waals surface area contributed by atoms with Crippen molar-refractivity contribution in [2.24, 2.45) is 0 Å². The number of amides is 1. The smallest absolute Gasteiger partial charge is 0.272 e. The number of rotatable bonds is 3. The fourth-order valence-corrected chi connectivity index (χ4v) is 2.59. The Bertz CT molecular complexity index is 755. The van der Waals surface area contributed by atoms with Gasteiger partial charge in [0, 0.05) is 23.3 Å². The first-order valence-corrected chi connectivity index (χ1v) is 7.28. The van der Waals surface area contributed by atoms with E-state index in [0.29, 0.717) is 15.6 Å². The van der Waals surface area contributed by atoms with Crippen LogP contribution in [0.25, 0.3) is 0 Å². The van der Waals surface area contributed by atoms with Crippen LogP contribution in [0.2, 0.25) is 10.0 Å². The maximum absolute atomic E-state index is 12.5. The van der Waals surface area contributed by atoms with Gasteiger partial charge >= 0.3 is 0 Å². The first-order valence-electron chi connectivity index (χ1n) is 6.52. The van der Waals surface area contributed by atoms with Crippen molar-refractivity contribution in [2.45, 2.75) is 13.0 Å². The van der Waals surface area contributed by atoms with E-state index >= 15 is 0 Å². The monoisotopic (exact) mass is 333 g/mol. The number of nitrogens with zero attached hydrogens (tertiary/aromatic N) is 3. The van der Waals surface area contributed by atoms with Crippen molar-refractivity contribution in [1.29, 1.82) is 5.26 Å². The molecule has 1 amide bonds. The van der Waals surface area contributed by atoms with Gasteiger partial charge in [0.05, 0.1) is 17.7 Å². The summed E-state index contributed by atoms with van der Waals surface area (Å²) < 4.78 is 0. The minimum absolute atomic E-state index is 0.221. The third-order valence-electron chi connectivity index (χ3n) is 3.42. The average molecular weight is 334 g/mol. The number of hydrogen-bond acceptors (Lipinski definition) is 3. The van der Waals surface area contributed by atoms with Crippen LogP contribution in [0.5, 0.6) is 0 Å². The molecule has 112 valence electrons. The van der Waals surface area contributed by atoms with Gasteiger partial charge in [0.1, 0.15) is 5.69 Å². The predicted octanol–water partition coefficient (Wildman–Crippen LogP) is 4.09. The van der Waals surface area contributed by atoms with E-state index in [1.807, 2.05) is 13.0 Å². The largest absolute Gasteiger partial charge is 0.334 e. The van der Waals surface area contributed by atoms with Crippen LogP contribution < -0.4 is 0 Å². The van der Waals surface area contributed by atoms with Gasteiger partial charge < -0.3 is 4.90 Å². The van der Waals surface area contributed by atoms with E-state index in [0.717, 1.165) is 5.56 Å². The number of hydrogen-bond donors (Lipinski definition) is 0. The molecule has 0 aliphatic heterocycles. The van der Waals surface area contributed by atoms with Crippen molar-refractivity contribution in [2.75, 3.05) is 7.05 Å². The van der Waals surface area contributed by atoms with E-state index in [2.05, 4.69) is 4.98 Å². The maximum Gasteiger partial charge on any atom is 0.272 e. The van der Waals surface area contributed by atoms with Gasteiger partial charge in [0.15, 0.2) is 0 Å². The van der Waals surface area contributed by atoms with Gasteiger partial charge in [-0.25, -0.2) is 0 Å². The summed E-state index contributed by atoms with van der Waals surface area (Å²) in [5.41, 5.74) is 1.40. The Balaban J connectivity index is 2.28. The van der Waals surface area contributed by atoms with Crippen molar-refractivity contribution in [1.82, 2.24) is 9.88 Å². The molecule has 0 spiro atoms. The first kappa shape index (κ1) is 16.3. The van der Waals surface area contributed by atoms with E-state index < -0.39 is 0 Å². The molecule has 2 aromatic rings. The van der Waals surface area contributed by atoms with Gasteiger partial charge in [-0.2, -0.15) is 5.26 Å². The first-order chi connectivity index (χ1) is 10.4. The van der Waals surface area contributed by atoms with Gasteiger partial charge in [0.25, 0.3) is 5.91 Å². The fraction of sp³-hybridized carbons (Fsp3) is 0.188. The molecule has 6 heteroatoms. The van der Waals surface area contributed by atoms with Crippen LogP contribution in [0, 0.1) is 11.3 Å². The number of benzene rings is 1. The van der Waals surface area contributed by atoms with E-state index in [-0.39, 0.29) is 17.6 Å². The molecule has 22 heavy (non-hydrogen) atoms. The molecule has 0 N–H and O–H groups in total. The molecule has 0 fully saturated rings. The molecule has 0 aliphatic carbocycles. The Morgan fingerprint density at radius 1 is 1.32 bits per heavy atom. The molecule has 0 aliphatic rings. The van der Waals surface area contributed by atoms with E-state index in [9.17, 15) is 4.79 Å². The second kappa shape index (κ2) is 6.78. The summed E-state index contributed by atoms with van der Waals surface area (Å²) in [6, 6.07) is 9.91. The van der Waals surface area contributed by atoms with E-state index in [4.69, 9.17) is 28.5 Å². The Hall–Kier alpha value is -2.09. The van der Waals surface area contributed by atoms with Crippen LogP contribution in [0.3, 0.4) is 0 Å². The Morgan fingerprint density at radius 2 is 2.05 bits per heavy atom. The van der Waals surface area contributed by atoms with Crippen molar-refractivity contribution < 1.29 is 4.79 Å². The minimum atomic E-state index is -0.282. The average Bonchev–Trinajstić information content (AvgIpc) is 2.53. The summed E-state index contributed by atoms with van der Waals surface area (Å²) in [6.07, 6.45) is 1.44. The number of nitriles is 1. The molecule has 1 aromatic carbocycles. The maximum atomic E-state index is 12.5. The van der Waals surface area contributed by atoms with Crippen molar-refractivity contribution in [3.63, 3.8) is 0 Å². The topological polar surface area (TPSA) is 57.0 Å². The zero-order chi connectivity index (χ0) is 16.3. The van der Waals surface area contributed by atoms with Gasteiger partial charge in [-0.3, -0.25) is 9.78 Å². The number of aromatic nitrogens is 1. The van der Waals surface area contributed by atoms with Crippen LogP contribution in [0.15, 0.2) is 36.5 Å². The summed E-state index contributed by atoms with van der Waals surface area (Å²) in [7, 11) is 1.67. The zero-order valence-electron chi connectivity index (χ0n) is 12.0. The van der Waals surface area contributed by atoms with Gasteiger partial charge in [-0.1, -0.05) is 29.3 Å². The summed E-state index contributed by atoms with van der Waals surface area (Å²) in [5.74, 6) is -0.282. The van der Waals surface area contributed by atoms with Gasteiger partial charge in [0.2, 0.25) is 0 Å².